The molecule has 0 atom stereocenters. The van der Waals surface area contributed by atoms with E-state index in [1.165, 1.54) is 5.56 Å². The van der Waals surface area contributed by atoms with E-state index in [-0.39, 0.29) is 0 Å². The van der Waals surface area contributed by atoms with Gasteiger partial charge in [-0.25, -0.2) is 4.99 Å². The molecule has 8 heteroatoms. The van der Waals surface area contributed by atoms with Crippen LogP contribution < -0.4 is 10.6 Å². The lowest BCUT2D eigenvalue weighted by Gasteiger charge is -2.33. The molecule has 3 rings (SSSR count). The third-order valence-electron chi connectivity index (χ3n) is 5.03. The Morgan fingerprint density at radius 3 is 2.66 bits per heavy atom. The van der Waals surface area contributed by atoms with Crippen LogP contribution in [0, 0.1) is 0 Å². The Morgan fingerprint density at radius 1 is 1.21 bits per heavy atom. The molecule has 2 N–H and O–H groups in total. The summed E-state index contributed by atoms with van der Waals surface area (Å²) in [6, 6.07) is 8.23. The minimum atomic E-state index is 0.402. The Balaban J connectivity index is 1.49. The molecule has 29 heavy (non-hydrogen) atoms. The summed E-state index contributed by atoms with van der Waals surface area (Å²) in [5.74, 6) is 1.61. The molecule has 1 aliphatic rings. The van der Waals surface area contributed by atoms with Gasteiger partial charge in [-0.15, -0.1) is 0 Å². The molecule has 0 unspecified atom stereocenters. The Morgan fingerprint density at radius 2 is 2.00 bits per heavy atom. The van der Waals surface area contributed by atoms with Gasteiger partial charge < -0.3 is 15.2 Å². The van der Waals surface area contributed by atoms with Crippen molar-refractivity contribution < 1.29 is 4.52 Å². The third kappa shape index (κ3) is 6.63. The van der Waals surface area contributed by atoms with Crippen molar-refractivity contribution in [3.8, 4) is 0 Å². The molecule has 0 aliphatic carbocycles. The molecule has 1 saturated heterocycles. The van der Waals surface area contributed by atoms with E-state index in [0.29, 0.717) is 22.6 Å². The second kappa shape index (κ2) is 10.9. The lowest BCUT2D eigenvalue weighted by molar-refractivity contribution is 0.198. The first-order valence-corrected chi connectivity index (χ1v) is 11.0. The molecular formula is C21H29Cl2N5O. The number of nitrogens with one attached hydrogen (secondary N) is 2. The largest absolute Gasteiger partial charge is 0.359 e. The quantitative estimate of drug-likeness (QED) is 0.500. The van der Waals surface area contributed by atoms with E-state index in [0.717, 1.165) is 62.9 Å². The van der Waals surface area contributed by atoms with E-state index in [4.69, 9.17) is 27.7 Å². The lowest BCUT2D eigenvalue weighted by atomic mass is 10.0. The van der Waals surface area contributed by atoms with E-state index in [2.05, 4.69) is 39.5 Å². The fourth-order valence-electron chi connectivity index (χ4n) is 3.40. The van der Waals surface area contributed by atoms with Gasteiger partial charge in [0.1, 0.15) is 6.54 Å². The minimum Gasteiger partial charge on any atom is -0.359 e. The number of aromatic nitrogens is 1. The van der Waals surface area contributed by atoms with Crippen molar-refractivity contribution >= 4 is 29.2 Å². The number of piperidine rings is 1. The maximum Gasteiger partial charge on any atom is 0.191 e. The molecule has 6 nitrogen and oxygen atoms in total. The van der Waals surface area contributed by atoms with Gasteiger partial charge in [0.2, 0.25) is 0 Å². The highest BCUT2D eigenvalue weighted by Gasteiger charge is 2.20. The monoisotopic (exact) mass is 437 g/mol. The van der Waals surface area contributed by atoms with Crippen LogP contribution in [0.1, 0.15) is 43.7 Å². The van der Waals surface area contributed by atoms with Crippen LogP contribution in [0.5, 0.6) is 0 Å². The van der Waals surface area contributed by atoms with E-state index in [9.17, 15) is 0 Å². The Labute approximate surface area is 182 Å². The molecule has 0 spiro atoms. The summed E-state index contributed by atoms with van der Waals surface area (Å²) in [5.41, 5.74) is 2.15. The zero-order valence-electron chi connectivity index (χ0n) is 17.0. The Bertz CT molecular complexity index is 815. The summed E-state index contributed by atoms with van der Waals surface area (Å²) in [7, 11) is 0. The SMILES string of the molecule is CCNC(=NCc1cc(CC)no1)NC1CCN(Cc2ccc(Cl)c(Cl)c2)CC1. The summed E-state index contributed by atoms with van der Waals surface area (Å²) in [6.07, 6.45) is 2.99. The van der Waals surface area contributed by atoms with E-state index < -0.39 is 0 Å². The number of halogens is 2. The van der Waals surface area contributed by atoms with Crippen LogP contribution in [0.25, 0.3) is 0 Å². The smallest absolute Gasteiger partial charge is 0.191 e. The van der Waals surface area contributed by atoms with Crippen molar-refractivity contribution in [3.05, 3.63) is 51.3 Å². The number of rotatable bonds is 7. The summed E-state index contributed by atoms with van der Waals surface area (Å²) in [6.45, 7) is 8.38. The zero-order chi connectivity index (χ0) is 20.6. The maximum absolute atomic E-state index is 6.13. The van der Waals surface area contributed by atoms with Gasteiger partial charge in [-0.2, -0.15) is 0 Å². The second-order valence-electron chi connectivity index (χ2n) is 7.28. The number of aryl methyl sites for hydroxylation is 1. The number of benzene rings is 1. The summed E-state index contributed by atoms with van der Waals surface area (Å²) >= 11 is 12.1. The van der Waals surface area contributed by atoms with Crippen LogP contribution in [-0.2, 0) is 19.5 Å². The number of hydrogen-bond donors (Lipinski definition) is 2. The predicted octanol–water partition coefficient (Wildman–Crippen LogP) is 4.26. The predicted molar refractivity (Wildman–Crippen MR) is 119 cm³/mol. The first-order valence-electron chi connectivity index (χ1n) is 10.2. The van der Waals surface area contributed by atoms with E-state index >= 15 is 0 Å². The highest BCUT2D eigenvalue weighted by Crippen LogP contribution is 2.24. The van der Waals surface area contributed by atoms with Gasteiger partial charge in [-0.1, -0.05) is 41.3 Å². The first-order chi connectivity index (χ1) is 14.1. The van der Waals surface area contributed by atoms with Crippen LogP contribution in [-0.4, -0.2) is 41.7 Å². The highest BCUT2D eigenvalue weighted by atomic mass is 35.5. The van der Waals surface area contributed by atoms with E-state index in [1.807, 2.05) is 24.3 Å². The zero-order valence-corrected chi connectivity index (χ0v) is 18.6. The highest BCUT2D eigenvalue weighted by molar-refractivity contribution is 6.42. The van der Waals surface area contributed by atoms with Gasteiger partial charge in [-0.3, -0.25) is 4.90 Å². The summed E-state index contributed by atoms with van der Waals surface area (Å²) in [5, 5.41) is 12.1. The number of guanidine groups is 1. The molecule has 158 valence electrons. The number of aliphatic imine (C=N–C) groups is 1. The van der Waals surface area contributed by atoms with Crippen LogP contribution >= 0.6 is 23.2 Å². The lowest BCUT2D eigenvalue weighted by Crippen LogP contribution is -2.48. The molecule has 1 aromatic heterocycles. The second-order valence-corrected chi connectivity index (χ2v) is 8.09. The Kier molecular flexibility index (Phi) is 8.21. The van der Waals surface area contributed by atoms with Crippen molar-refractivity contribution in [1.29, 1.82) is 0 Å². The van der Waals surface area contributed by atoms with E-state index in [1.54, 1.807) is 0 Å². The van der Waals surface area contributed by atoms with Crippen LogP contribution in [0.3, 0.4) is 0 Å². The molecule has 2 aromatic rings. The van der Waals surface area contributed by atoms with Gasteiger partial charge in [-0.05, 0) is 43.9 Å². The molecule has 0 radical (unpaired) electrons. The van der Waals surface area contributed by atoms with Gasteiger partial charge in [0.05, 0.1) is 15.7 Å². The normalized spacial score (nSPS) is 16.2. The fraction of sp³-hybridized carbons (Fsp3) is 0.524. The molecule has 0 saturated carbocycles. The van der Waals surface area contributed by atoms with Gasteiger partial charge in [0, 0.05) is 38.3 Å². The average Bonchev–Trinajstić information content (AvgIpc) is 3.19. The van der Waals surface area contributed by atoms with Crippen molar-refractivity contribution in [3.63, 3.8) is 0 Å². The van der Waals surface area contributed by atoms with Crippen LogP contribution in [0.2, 0.25) is 10.0 Å². The standard InChI is InChI=1S/C21H29Cl2N5O/c1-3-16-12-18(29-27-16)13-25-21(24-4-2)26-17-7-9-28(10-8-17)14-15-5-6-19(22)20(23)11-15/h5-6,11-12,17H,3-4,7-10,13-14H2,1-2H3,(H2,24,25,26). The molecule has 1 fully saturated rings. The molecule has 1 aliphatic heterocycles. The topological polar surface area (TPSA) is 65.7 Å². The first kappa shape index (κ1) is 21.9. The fourth-order valence-corrected chi connectivity index (χ4v) is 3.72. The number of nitrogens with zero attached hydrogens (tertiary/aromatic N) is 3. The Hall–Kier alpha value is -1.76. The third-order valence-corrected chi connectivity index (χ3v) is 5.76. The van der Waals surface area contributed by atoms with Crippen molar-refractivity contribution in [2.75, 3.05) is 19.6 Å². The van der Waals surface area contributed by atoms with Gasteiger partial charge >= 0.3 is 0 Å². The van der Waals surface area contributed by atoms with Crippen molar-refractivity contribution in [2.45, 2.75) is 52.2 Å². The van der Waals surface area contributed by atoms with Gasteiger partial charge in [0.15, 0.2) is 11.7 Å². The molecule has 1 aromatic carbocycles. The average molecular weight is 438 g/mol. The van der Waals surface area contributed by atoms with Crippen molar-refractivity contribution in [2.24, 2.45) is 4.99 Å². The molecule has 2 heterocycles. The minimum absolute atomic E-state index is 0.402. The molecular weight excluding hydrogens is 409 g/mol. The number of hydrogen-bond acceptors (Lipinski definition) is 4. The summed E-state index contributed by atoms with van der Waals surface area (Å²) < 4.78 is 5.32. The van der Waals surface area contributed by atoms with Crippen LogP contribution in [0.15, 0.2) is 33.8 Å². The molecule has 0 amide bonds. The molecule has 0 bridgehead atoms. The van der Waals surface area contributed by atoms with Gasteiger partial charge in [0.25, 0.3) is 0 Å². The summed E-state index contributed by atoms with van der Waals surface area (Å²) in [4.78, 5) is 7.10. The van der Waals surface area contributed by atoms with Crippen LogP contribution in [0.4, 0.5) is 0 Å². The number of likely N-dealkylation sites (tertiary alicyclic amines) is 1. The van der Waals surface area contributed by atoms with Crippen molar-refractivity contribution in [1.82, 2.24) is 20.7 Å². The maximum atomic E-state index is 6.13.